The molecule has 2 amide bonds. The first-order chi connectivity index (χ1) is 24.6. The molecule has 276 valence electrons. The van der Waals surface area contributed by atoms with E-state index in [0.29, 0.717) is 25.9 Å². The van der Waals surface area contributed by atoms with Crippen LogP contribution < -0.4 is 15.4 Å². The fraction of sp³-hybridized carbons (Fsp3) is 0.500. The fourth-order valence-electron chi connectivity index (χ4n) is 6.84. The van der Waals surface area contributed by atoms with Crippen molar-refractivity contribution in [2.45, 2.75) is 69.4 Å². The van der Waals surface area contributed by atoms with Crippen LogP contribution in [0.1, 0.15) is 48.6 Å². The first-order valence-electron chi connectivity index (χ1n) is 17.9. The van der Waals surface area contributed by atoms with Crippen molar-refractivity contribution in [3.8, 4) is 5.75 Å². The molecule has 1 saturated heterocycles. The van der Waals surface area contributed by atoms with Gasteiger partial charge in [0.05, 0.1) is 44.1 Å². The molecule has 51 heavy (non-hydrogen) atoms. The molecule has 11 heteroatoms. The molecule has 5 atom stereocenters. The topological polar surface area (TPSA) is 139 Å². The van der Waals surface area contributed by atoms with Crippen molar-refractivity contribution < 1.29 is 38.7 Å². The number of rotatable bonds is 17. The monoisotopic (exact) mass is 703 g/mol. The Labute approximate surface area is 301 Å². The third kappa shape index (κ3) is 11.5. The molecule has 0 saturated carbocycles. The minimum Gasteiger partial charge on any atom is -0.492 e. The number of nitrogens with zero attached hydrogens (tertiary/aromatic N) is 1. The number of nitrogens with one attached hydrogen (secondary N) is 2. The van der Waals surface area contributed by atoms with Crippen LogP contribution in [0.5, 0.6) is 5.75 Å². The lowest BCUT2D eigenvalue weighted by molar-refractivity contribution is -0.127. The fourth-order valence-corrected chi connectivity index (χ4v) is 6.84. The lowest BCUT2D eigenvalue weighted by atomic mass is 9.88. The van der Waals surface area contributed by atoms with Crippen LogP contribution in [0.2, 0.25) is 0 Å². The summed E-state index contributed by atoms with van der Waals surface area (Å²) < 4.78 is 22.3. The largest absolute Gasteiger partial charge is 0.492 e. The van der Waals surface area contributed by atoms with Gasteiger partial charge in [0.25, 0.3) is 0 Å². The second kappa shape index (κ2) is 18.5. The molecular formula is C40H53N3O8. The van der Waals surface area contributed by atoms with Gasteiger partial charge in [0, 0.05) is 39.1 Å². The molecule has 5 rings (SSSR count). The molecule has 1 fully saturated rings. The van der Waals surface area contributed by atoms with Gasteiger partial charge < -0.3 is 39.8 Å². The number of aliphatic hydroxyl groups is 2. The number of ether oxygens (including phenoxy) is 4. The van der Waals surface area contributed by atoms with Crippen LogP contribution in [-0.4, -0.2) is 104 Å². The van der Waals surface area contributed by atoms with Gasteiger partial charge >= 0.3 is 6.09 Å². The smallest absolute Gasteiger partial charge is 0.408 e. The number of carbonyl (C=O) groups excluding carboxylic acids is 2. The first kappa shape index (κ1) is 38.2. The number of methoxy groups -OCH3 is 1. The van der Waals surface area contributed by atoms with E-state index in [9.17, 15) is 19.8 Å². The van der Waals surface area contributed by atoms with Gasteiger partial charge in [-0.05, 0) is 67.5 Å². The van der Waals surface area contributed by atoms with Crippen LogP contribution >= 0.6 is 0 Å². The third-order valence-electron chi connectivity index (χ3n) is 9.51. The van der Waals surface area contributed by atoms with E-state index < -0.39 is 41.9 Å². The SMILES string of the molecule is COCC(C)(C)OC(=O)NC(Cc1ccccc1)C(O)CC(Cc1ccc(OCCN2CCOCC2)cc1)C(=O)NC1c2ccccc2CC1O. The third-order valence-corrected chi connectivity index (χ3v) is 9.51. The highest BCUT2D eigenvalue weighted by Gasteiger charge is 2.36. The summed E-state index contributed by atoms with van der Waals surface area (Å²) in [6.07, 6.45) is -1.41. The molecule has 1 heterocycles. The summed E-state index contributed by atoms with van der Waals surface area (Å²) in [5.41, 5.74) is 2.80. The quantitative estimate of drug-likeness (QED) is 0.165. The van der Waals surface area contributed by atoms with Gasteiger partial charge in [0.15, 0.2) is 0 Å². The molecule has 0 bridgehead atoms. The summed E-state index contributed by atoms with van der Waals surface area (Å²) in [4.78, 5) is 29.5. The Bertz CT molecular complexity index is 1530. The van der Waals surface area contributed by atoms with Crippen LogP contribution in [0.25, 0.3) is 0 Å². The Morgan fingerprint density at radius 3 is 2.37 bits per heavy atom. The Kier molecular flexibility index (Phi) is 13.9. The highest BCUT2D eigenvalue weighted by atomic mass is 16.6. The molecule has 2 aliphatic rings. The zero-order valence-electron chi connectivity index (χ0n) is 30.0. The van der Waals surface area contributed by atoms with E-state index in [1.807, 2.05) is 78.9 Å². The molecular weight excluding hydrogens is 650 g/mol. The van der Waals surface area contributed by atoms with Crippen LogP contribution in [-0.2, 0) is 38.3 Å². The summed E-state index contributed by atoms with van der Waals surface area (Å²) in [5, 5.41) is 28.7. The van der Waals surface area contributed by atoms with Crippen molar-refractivity contribution in [1.82, 2.24) is 15.5 Å². The summed E-state index contributed by atoms with van der Waals surface area (Å²) in [7, 11) is 1.53. The average Bonchev–Trinajstić information content (AvgIpc) is 3.43. The van der Waals surface area contributed by atoms with Gasteiger partial charge in [0.1, 0.15) is 18.0 Å². The molecule has 3 aromatic rings. The van der Waals surface area contributed by atoms with Crippen LogP contribution in [0.15, 0.2) is 78.9 Å². The van der Waals surface area contributed by atoms with Crippen LogP contribution in [0, 0.1) is 5.92 Å². The van der Waals surface area contributed by atoms with Crippen molar-refractivity contribution in [1.29, 1.82) is 0 Å². The number of hydrogen-bond acceptors (Lipinski definition) is 9. The molecule has 3 aromatic carbocycles. The molecule has 0 spiro atoms. The zero-order chi connectivity index (χ0) is 36.2. The number of hydrogen-bond donors (Lipinski definition) is 4. The molecule has 1 aliphatic heterocycles. The summed E-state index contributed by atoms with van der Waals surface area (Å²) in [6.45, 7) is 8.34. The molecule has 4 N–H and O–H groups in total. The minimum absolute atomic E-state index is 0.0489. The number of amides is 2. The van der Waals surface area contributed by atoms with Gasteiger partial charge in [0.2, 0.25) is 5.91 Å². The number of alkyl carbamates (subject to hydrolysis) is 1. The molecule has 11 nitrogen and oxygen atoms in total. The highest BCUT2D eigenvalue weighted by Crippen LogP contribution is 2.32. The zero-order valence-corrected chi connectivity index (χ0v) is 30.0. The van der Waals surface area contributed by atoms with Crippen molar-refractivity contribution in [3.63, 3.8) is 0 Å². The van der Waals surface area contributed by atoms with Crippen LogP contribution in [0.3, 0.4) is 0 Å². The van der Waals surface area contributed by atoms with Crippen molar-refractivity contribution in [2.24, 2.45) is 5.92 Å². The molecule has 0 aromatic heterocycles. The maximum Gasteiger partial charge on any atom is 0.408 e. The second-order valence-corrected chi connectivity index (χ2v) is 14.1. The minimum atomic E-state index is -1.11. The highest BCUT2D eigenvalue weighted by molar-refractivity contribution is 5.80. The summed E-state index contributed by atoms with van der Waals surface area (Å²) in [5.74, 6) is -0.238. The van der Waals surface area contributed by atoms with E-state index in [-0.39, 0.29) is 18.9 Å². The lowest BCUT2D eigenvalue weighted by Gasteiger charge is -2.30. The summed E-state index contributed by atoms with van der Waals surface area (Å²) in [6, 6.07) is 23.6. The van der Waals surface area contributed by atoms with Gasteiger partial charge in [-0.1, -0.05) is 66.7 Å². The maximum atomic E-state index is 14.1. The maximum absolute atomic E-state index is 14.1. The Morgan fingerprint density at radius 1 is 0.961 bits per heavy atom. The lowest BCUT2D eigenvalue weighted by Crippen LogP contribution is -2.49. The van der Waals surface area contributed by atoms with E-state index >= 15 is 0 Å². The normalized spacial score (nSPS) is 19.4. The Hall–Kier alpha value is -4.00. The number of aliphatic hydroxyl groups excluding tert-OH is 2. The number of morpholine rings is 1. The van der Waals surface area contributed by atoms with E-state index in [4.69, 9.17) is 18.9 Å². The van der Waals surface area contributed by atoms with Gasteiger partial charge in [-0.3, -0.25) is 9.69 Å². The van der Waals surface area contributed by atoms with Gasteiger partial charge in [-0.2, -0.15) is 0 Å². The standard InChI is InChI=1S/C40H53N3O8/c1-40(2,27-48-3)51-39(47)41-34(24-28-9-5-4-6-10-28)35(44)26-31(38(46)42-37-33-12-8-7-11-30(33)25-36(37)45)23-29-13-15-32(16-14-29)50-22-19-43-17-20-49-21-18-43/h4-16,31,34-37,44-45H,17-27H2,1-3H3,(H,41,47)(H,42,46). The predicted molar refractivity (Wildman–Crippen MR) is 194 cm³/mol. The number of benzene rings is 3. The average molecular weight is 704 g/mol. The van der Waals surface area contributed by atoms with E-state index in [0.717, 1.165) is 60.9 Å². The van der Waals surface area contributed by atoms with Crippen LogP contribution in [0.4, 0.5) is 4.79 Å². The molecule has 5 unspecified atom stereocenters. The first-order valence-corrected chi connectivity index (χ1v) is 17.9. The van der Waals surface area contributed by atoms with Crippen molar-refractivity contribution >= 4 is 12.0 Å². The number of carbonyl (C=O) groups is 2. The summed E-state index contributed by atoms with van der Waals surface area (Å²) >= 11 is 0. The second-order valence-electron chi connectivity index (χ2n) is 14.1. The van der Waals surface area contributed by atoms with Gasteiger partial charge in [-0.15, -0.1) is 0 Å². The Morgan fingerprint density at radius 2 is 1.65 bits per heavy atom. The molecule has 1 aliphatic carbocycles. The van der Waals surface area contributed by atoms with E-state index in [1.54, 1.807) is 13.8 Å². The number of fused-ring (bicyclic) bond motifs is 1. The van der Waals surface area contributed by atoms with Crippen molar-refractivity contribution in [3.05, 3.63) is 101 Å². The van der Waals surface area contributed by atoms with Crippen molar-refractivity contribution in [2.75, 3.05) is 53.2 Å². The molecule has 0 radical (unpaired) electrons. The van der Waals surface area contributed by atoms with Gasteiger partial charge in [-0.25, -0.2) is 4.79 Å². The van der Waals surface area contributed by atoms with E-state index in [1.165, 1.54) is 7.11 Å². The predicted octanol–water partition coefficient (Wildman–Crippen LogP) is 3.84. The van der Waals surface area contributed by atoms with E-state index in [2.05, 4.69) is 15.5 Å². The Balaban J connectivity index is 1.31.